The van der Waals surface area contributed by atoms with Gasteiger partial charge in [-0.2, -0.15) is 0 Å². The van der Waals surface area contributed by atoms with Gasteiger partial charge in [0.1, 0.15) is 5.75 Å². The van der Waals surface area contributed by atoms with Gasteiger partial charge in [-0.05, 0) is 35.9 Å². The van der Waals surface area contributed by atoms with Gasteiger partial charge >= 0.3 is 0 Å². The molecule has 0 saturated heterocycles. The van der Waals surface area contributed by atoms with Crippen LogP contribution < -0.4 is 15.8 Å². The maximum atomic E-state index is 5.96. The first kappa shape index (κ1) is 15.7. The highest BCUT2D eigenvalue weighted by Gasteiger charge is 2.17. The summed E-state index contributed by atoms with van der Waals surface area (Å²) in [4.78, 5) is 1.35. The molecule has 0 bridgehead atoms. The van der Waals surface area contributed by atoms with Crippen molar-refractivity contribution in [2.24, 2.45) is 5.92 Å². The van der Waals surface area contributed by atoms with E-state index in [-0.39, 0.29) is 0 Å². The lowest BCUT2D eigenvalue weighted by Gasteiger charge is -2.23. The highest BCUT2D eigenvalue weighted by atomic mass is 32.1. The largest absolute Gasteiger partial charge is 0.491 e. The molecule has 2 rings (SSSR count). The van der Waals surface area contributed by atoms with Crippen molar-refractivity contribution in [2.75, 3.05) is 17.7 Å². The Morgan fingerprint density at radius 3 is 2.71 bits per heavy atom. The first-order chi connectivity index (χ1) is 10.1. The molecule has 0 saturated carbocycles. The molecule has 1 atom stereocenters. The summed E-state index contributed by atoms with van der Waals surface area (Å²) >= 11 is 1.78. The Morgan fingerprint density at radius 2 is 2.10 bits per heavy atom. The van der Waals surface area contributed by atoms with Crippen LogP contribution in [-0.4, -0.2) is 6.61 Å². The SMILES string of the molecule is CCCOc1cc(NC(c2cccs2)C(C)C)ccc1N. The predicted octanol–water partition coefficient (Wildman–Crippen LogP) is 4.93. The summed E-state index contributed by atoms with van der Waals surface area (Å²) in [5, 5.41) is 5.72. The van der Waals surface area contributed by atoms with E-state index in [9.17, 15) is 0 Å². The number of hydrogen-bond acceptors (Lipinski definition) is 4. The van der Waals surface area contributed by atoms with E-state index in [1.165, 1.54) is 4.88 Å². The third-order valence-corrected chi connectivity index (χ3v) is 4.27. The smallest absolute Gasteiger partial charge is 0.144 e. The van der Waals surface area contributed by atoms with Gasteiger partial charge in [0.25, 0.3) is 0 Å². The van der Waals surface area contributed by atoms with Crippen LogP contribution in [0.25, 0.3) is 0 Å². The van der Waals surface area contributed by atoms with Gasteiger partial charge < -0.3 is 15.8 Å². The molecule has 3 nitrogen and oxygen atoms in total. The molecular weight excluding hydrogens is 280 g/mol. The summed E-state index contributed by atoms with van der Waals surface area (Å²) in [6.45, 7) is 7.22. The van der Waals surface area contributed by atoms with E-state index in [1.807, 2.05) is 18.2 Å². The predicted molar refractivity (Wildman–Crippen MR) is 92.2 cm³/mol. The summed E-state index contributed by atoms with van der Waals surface area (Å²) in [5.41, 5.74) is 7.69. The molecule has 1 unspecified atom stereocenters. The van der Waals surface area contributed by atoms with Gasteiger partial charge in [-0.1, -0.05) is 26.8 Å². The second kappa shape index (κ2) is 7.36. The van der Waals surface area contributed by atoms with E-state index in [0.717, 1.165) is 17.9 Å². The molecule has 3 N–H and O–H groups in total. The topological polar surface area (TPSA) is 47.3 Å². The van der Waals surface area contributed by atoms with Gasteiger partial charge in [-0.3, -0.25) is 0 Å². The van der Waals surface area contributed by atoms with Crippen LogP contribution in [0.2, 0.25) is 0 Å². The zero-order valence-corrected chi connectivity index (χ0v) is 13.7. The fourth-order valence-corrected chi connectivity index (χ4v) is 3.12. The maximum absolute atomic E-state index is 5.96. The number of nitrogen functional groups attached to an aromatic ring is 1. The van der Waals surface area contributed by atoms with E-state index >= 15 is 0 Å². The number of hydrogen-bond donors (Lipinski definition) is 2. The first-order valence-corrected chi connectivity index (χ1v) is 8.32. The number of rotatable bonds is 7. The Bertz CT molecular complexity index is 552. The van der Waals surface area contributed by atoms with Crippen LogP contribution in [0.3, 0.4) is 0 Å². The Balaban J connectivity index is 2.17. The van der Waals surface area contributed by atoms with Crippen LogP contribution >= 0.6 is 11.3 Å². The number of ether oxygens (including phenoxy) is 1. The summed E-state index contributed by atoms with van der Waals surface area (Å²) in [6, 6.07) is 10.5. The average molecular weight is 304 g/mol. The molecule has 114 valence electrons. The van der Waals surface area contributed by atoms with Gasteiger partial charge in [0.2, 0.25) is 0 Å². The molecule has 1 heterocycles. The molecule has 1 aromatic heterocycles. The fourth-order valence-electron chi connectivity index (χ4n) is 2.18. The van der Waals surface area contributed by atoms with Crippen LogP contribution in [0.1, 0.15) is 38.1 Å². The lowest BCUT2D eigenvalue weighted by atomic mass is 10.0. The van der Waals surface area contributed by atoms with E-state index in [4.69, 9.17) is 10.5 Å². The number of benzene rings is 1. The molecule has 0 aliphatic carbocycles. The summed E-state index contributed by atoms with van der Waals surface area (Å²) < 4.78 is 5.70. The molecule has 0 aliphatic rings. The van der Waals surface area contributed by atoms with Gasteiger partial charge in [0.05, 0.1) is 18.3 Å². The van der Waals surface area contributed by atoms with Gasteiger partial charge in [0.15, 0.2) is 0 Å². The van der Waals surface area contributed by atoms with Gasteiger partial charge in [-0.25, -0.2) is 0 Å². The van der Waals surface area contributed by atoms with Crippen molar-refractivity contribution in [2.45, 2.75) is 33.2 Å². The Hall–Kier alpha value is -1.68. The molecule has 0 spiro atoms. The van der Waals surface area contributed by atoms with Crippen molar-refractivity contribution >= 4 is 22.7 Å². The van der Waals surface area contributed by atoms with Gasteiger partial charge in [0, 0.05) is 16.6 Å². The first-order valence-electron chi connectivity index (χ1n) is 7.44. The van der Waals surface area contributed by atoms with Crippen molar-refractivity contribution in [3.63, 3.8) is 0 Å². The Morgan fingerprint density at radius 1 is 1.29 bits per heavy atom. The van der Waals surface area contributed by atoms with Crippen molar-refractivity contribution in [1.29, 1.82) is 0 Å². The minimum atomic E-state index is 0.299. The summed E-state index contributed by atoms with van der Waals surface area (Å²) in [5.74, 6) is 1.26. The molecule has 0 amide bonds. The zero-order valence-electron chi connectivity index (χ0n) is 12.9. The van der Waals surface area contributed by atoms with Crippen molar-refractivity contribution < 1.29 is 4.74 Å². The van der Waals surface area contributed by atoms with E-state index < -0.39 is 0 Å². The molecule has 21 heavy (non-hydrogen) atoms. The quantitative estimate of drug-likeness (QED) is 0.713. The monoisotopic (exact) mass is 304 g/mol. The second-order valence-electron chi connectivity index (χ2n) is 5.48. The normalized spacial score (nSPS) is 12.4. The van der Waals surface area contributed by atoms with Crippen LogP contribution in [0.15, 0.2) is 35.7 Å². The molecule has 1 aromatic carbocycles. The Labute approximate surface area is 131 Å². The third kappa shape index (κ3) is 4.14. The highest BCUT2D eigenvalue weighted by Crippen LogP contribution is 2.32. The third-order valence-electron chi connectivity index (χ3n) is 3.31. The molecule has 2 aromatic rings. The lowest BCUT2D eigenvalue weighted by molar-refractivity contribution is 0.319. The van der Waals surface area contributed by atoms with E-state index in [1.54, 1.807) is 11.3 Å². The van der Waals surface area contributed by atoms with Crippen molar-refractivity contribution in [3.8, 4) is 5.75 Å². The zero-order chi connectivity index (χ0) is 15.2. The standard InChI is InChI=1S/C17H24N2OS/c1-4-9-20-15-11-13(7-8-14(15)18)19-17(12(2)3)16-6-5-10-21-16/h5-8,10-12,17,19H,4,9,18H2,1-3H3. The lowest BCUT2D eigenvalue weighted by Crippen LogP contribution is -2.15. The highest BCUT2D eigenvalue weighted by molar-refractivity contribution is 7.10. The average Bonchev–Trinajstić information content (AvgIpc) is 2.98. The molecule has 0 aliphatic heterocycles. The number of anilines is 2. The van der Waals surface area contributed by atoms with E-state index in [2.05, 4.69) is 43.6 Å². The van der Waals surface area contributed by atoms with Gasteiger partial charge in [-0.15, -0.1) is 11.3 Å². The summed E-state index contributed by atoms with van der Waals surface area (Å²) in [6.07, 6.45) is 0.973. The van der Waals surface area contributed by atoms with Crippen LogP contribution in [0, 0.1) is 5.92 Å². The molecule has 0 fully saturated rings. The minimum absolute atomic E-state index is 0.299. The molecular formula is C17H24N2OS. The van der Waals surface area contributed by atoms with Crippen LogP contribution in [0.4, 0.5) is 11.4 Å². The van der Waals surface area contributed by atoms with Crippen molar-refractivity contribution in [3.05, 3.63) is 40.6 Å². The second-order valence-corrected chi connectivity index (χ2v) is 6.46. The Kier molecular flexibility index (Phi) is 5.51. The fraction of sp³-hybridized carbons (Fsp3) is 0.412. The number of nitrogens with two attached hydrogens (primary N) is 1. The number of nitrogens with one attached hydrogen (secondary N) is 1. The van der Waals surface area contributed by atoms with Crippen LogP contribution in [0.5, 0.6) is 5.75 Å². The van der Waals surface area contributed by atoms with Crippen LogP contribution in [-0.2, 0) is 0 Å². The maximum Gasteiger partial charge on any atom is 0.144 e. The molecule has 4 heteroatoms. The summed E-state index contributed by atoms with van der Waals surface area (Å²) in [7, 11) is 0. The molecule has 0 radical (unpaired) electrons. The minimum Gasteiger partial charge on any atom is -0.491 e. The van der Waals surface area contributed by atoms with E-state index in [0.29, 0.717) is 24.3 Å². The number of thiophene rings is 1. The van der Waals surface area contributed by atoms with Crippen molar-refractivity contribution in [1.82, 2.24) is 0 Å².